The van der Waals surface area contributed by atoms with Gasteiger partial charge in [0.05, 0.1) is 11.9 Å². The normalized spacial score (nSPS) is 15.4. The molecule has 3 aromatic rings. The summed E-state index contributed by atoms with van der Waals surface area (Å²) in [6.07, 6.45) is -3.06. The molecule has 0 atom stereocenters. The second-order valence-corrected chi connectivity index (χ2v) is 8.78. The molecule has 0 saturated carbocycles. The number of carboxylic acid groups (broad SMARTS) is 2. The number of aliphatic carboxylic acids is 2. The minimum absolute atomic E-state index is 0.0914. The van der Waals surface area contributed by atoms with E-state index in [0.29, 0.717) is 11.2 Å². The molecule has 0 radical (unpaired) electrons. The Labute approximate surface area is 232 Å². The Bertz CT molecular complexity index is 1340. The third-order valence-electron chi connectivity index (χ3n) is 5.98. The zero-order valence-electron chi connectivity index (χ0n) is 21.6. The number of hydrogen-bond donors (Lipinski definition) is 3. The molecule has 13 nitrogen and oxygen atoms in total. The third-order valence-corrected chi connectivity index (χ3v) is 5.98. The van der Waals surface area contributed by atoms with Crippen molar-refractivity contribution in [3.63, 3.8) is 0 Å². The van der Waals surface area contributed by atoms with E-state index in [2.05, 4.69) is 34.7 Å². The summed E-state index contributed by atoms with van der Waals surface area (Å²) in [5, 5.41) is 14.2. The number of nitrogens with one attached hydrogen (secondary N) is 1. The third kappa shape index (κ3) is 8.40. The molecule has 19 heteroatoms. The van der Waals surface area contributed by atoms with Gasteiger partial charge in [-0.1, -0.05) is 0 Å². The number of alkyl halides is 6. The molecule has 42 heavy (non-hydrogen) atoms. The van der Waals surface area contributed by atoms with Crippen LogP contribution >= 0.6 is 0 Å². The van der Waals surface area contributed by atoms with Crippen LogP contribution < -0.4 is 9.80 Å². The number of carboxylic acids is 2. The lowest BCUT2D eigenvalue weighted by Gasteiger charge is -2.36. The topological polar surface area (TPSA) is 169 Å². The Kier molecular flexibility index (Phi) is 10.1. The maximum atomic E-state index is 12.5. The number of nitrogens with zero attached hydrogens (tertiary/aromatic N) is 7. The van der Waals surface area contributed by atoms with Gasteiger partial charge in [-0.05, 0) is 25.0 Å². The van der Waals surface area contributed by atoms with Gasteiger partial charge in [-0.3, -0.25) is 4.79 Å². The van der Waals surface area contributed by atoms with Crippen LogP contribution in [-0.4, -0.2) is 109 Å². The summed E-state index contributed by atoms with van der Waals surface area (Å²) in [4.78, 5) is 57.1. The van der Waals surface area contributed by atoms with Crippen LogP contribution in [0.5, 0.6) is 0 Å². The van der Waals surface area contributed by atoms with Crippen molar-refractivity contribution < 1.29 is 50.9 Å². The Balaban J connectivity index is 0.000000289. The van der Waals surface area contributed by atoms with Crippen molar-refractivity contribution in [1.82, 2.24) is 29.8 Å². The number of carbonyl (C=O) groups is 3. The van der Waals surface area contributed by atoms with Crippen molar-refractivity contribution in [1.29, 1.82) is 0 Å². The molecule has 2 aliphatic heterocycles. The maximum absolute atomic E-state index is 12.5. The van der Waals surface area contributed by atoms with Gasteiger partial charge in [-0.2, -0.15) is 26.3 Å². The molecule has 0 unspecified atom stereocenters. The number of halogens is 6. The van der Waals surface area contributed by atoms with E-state index < -0.39 is 24.3 Å². The number of imidazole rings is 1. The van der Waals surface area contributed by atoms with E-state index in [1.54, 1.807) is 18.9 Å². The highest BCUT2D eigenvalue weighted by atomic mass is 19.4. The number of likely N-dealkylation sites (tertiary alicyclic amines) is 1. The molecule has 2 fully saturated rings. The van der Waals surface area contributed by atoms with Gasteiger partial charge in [0.2, 0.25) is 0 Å². The standard InChI is InChI=1S/C19H22N8O.2C2HF3O2/c28-19(27-5-1-2-6-27)14-3-4-15(20-11-14)25-7-9-26(10-8-25)18-16-17(22-12-21-16)23-13-24-18;2*3-2(4,5)1(6)7/h3-4,11-13H,1-2,5-10H2,(H,21,22,23,24);2*(H,6,7). The van der Waals surface area contributed by atoms with Crippen molar-refractivity contribution >= 4 is 40.6 Å². The quantitative estimate of drug-likeness (QED) is 0.375. The number of anilines is 2. The van der Waals surface area contributed by atoms with Crippen molar-refractivity contribution in [2.45, 2.75) is 25.2 Å². The van der Waals surface area contributed by atoms with E-state index in [1.165, 1.54) is 0 Å². The molecule has 2 aliphatic rings. The summed E-state index contributed by atoms with van der Waals surface area (Å²) in [6.45, 7) is 5.06. The maximum Gasteiger partial charge on any atom is 0.490 e. The first-order valence-corrected chi connectivity index (χ1v) is 12.2. The van der Waals surface area contributed by atoms with Crippen molar-refractivity contribution in [3.05, 3.63) is 36.5 Å². The number of hydrogen-bond acceptors (Lipinski definition) is 9. The molecule has 0 bridgehead atoms. The number of amides is 1. The summed E-state index contributed by atoms with van der Waals surface area (Å²) in [5.41, 5.74) is 2.23. The predicted molar refractivity (Wildman–Crippen MR) is 133 cm³/mol. The number of piperazine rings is 1. The summed E-state index contributed by atoms with van der Waals surface area (Å²) >= 11 is 0. The van der Waals surface area contributed by atoms with Crippen LogP contribution in [-0.2, 0) is 9.59 Å². The summed E-state index contributed by atoms with van der Waals surface area (Å²) in [7, 11) is 0. The van der Waals surface area contributed by atoms with Crippen LogP contribution in [0.1, 0.15) is 23.2 Å². The number of H-pyrrole nitrogens is 1. The number of pyridine rings is 1. The number of aromatic amines is 1. The van der Waals surface area contributed by atoms with Crippen molar-refractivity contribution in [3.8, 4) is 0 Å². The second kappa shape index (κ2) is 13.3. The first-order chi connectivity index (χ1) is 19.7. The van der Waals surface area contributed by atoms with Crippen molar-refractivity contribution in [2.75, 3.05) is 49.1 Å². The van der Waals surface area contributed by atoms with Gasteiger partial charge < -0.3 is 29.9 Å². The Hall–Kier alpha value is -4.71. The number of carbonyl (C=O) groups excluding carboxylic acids is 1. The fourth-order valence-electron chi connectivity index (χ4n) is 3.94. The average molecular weight is 606 g/mol. The van der Waals surface area contributed by atoms with E-state index >= 15 is 0 Å². The molecule has 2 saturated heterocycles. The molecule has 1 amide bonds. The minimum Gasteiger partial charge on any atom is -0.475 e. The SMILES string of the molecule is O=C(O)C(F)(F)F.O=C(O)C(F)(F)F.O=C(c1ccc(N2CCN(c3ncnc4nc[nH]c34)CC2)nc1)N1CCCC1. The fourth-order valence-corrected chi connectivity index (χ4v) is 3.94. The van der Waals surface area contributed by atoms with Crippen LogP contribution in [0.25, 0.3) is 11.2 Å². The highest BCUT2D eigenvalue weighted by molar-refractivity contribution is 5.94. The first-order valence-electron chi connectivity index (χ1n) is 12.2. The van der Waals surface area contributed by atoms with Gasteiger partial charge >= 0.3 is 24.3 Å². The Morgan fingerprint density at radius 2 is 1.31 bits per heavy atom. The van der Waals surface area contributed by atoms with Crippen molar-refractivity contribution in [2.24, 2.45) is 0 Å². The molecule has 5 heterocycles. The van der Waals surface area contributed by atoms with Gasteiger partial charge in [-0.25, -0.2) is 29.5 Å². The van der Waals surface area contributed by atoms with Crippen LogP contribution in [0.15, 0.2) is 31.0 Å². The second-order valence-electron chi connectivity index (χ2n) is 8.78. The van der Waals surface area contributed by atoms with E-state index in [9.17, 15) is 31.1 Å². The zero-order valence-corrected chi connectivity index (χ0v) is 21.6. The molecule has 3 N–H and O–H groups in total. The molecule has 3 aromatic heterocycles. The monoisotopic (exact) mass is 606 g/mol. The van der Waals surface area contributed by atoms with E-state index in [-0.39, 0.29) is 5.91 Å². The highest BCUT2D eigenvalue weighted by Crippen LogP contribution is 2.23. The molecule has 0 aromatic carbocycles. The molecule has 0 aliphatic carbocycles. The van der Waals surface area contributed by atoms with E-state index in [0.717, 1.165) is 69.3 Å². The largest absolute Gasteiger partial charge is 0.490 e. The van der Waals surface area contributed by atoms with Crippen LogP contribution in [0.4, 0.5) is 38.0 Å². The first kappa shape index (κ1) is 31.8. The predicted octanol–water partition coefficient (Wildman–Crippen LogP) is 2.58. The minimum atomic E-state index is -5.08. The van der Waals surface area contributed by atoms with Gasteiger partial charge in [-0.15, -0.1) is 0 Å². The average Bonchev–Trinajstić information content (AvgIpc) is 3.65. The van der Waals surface area contributed by atoms with Gasteiger partial charge in [0.15, 0.2) is 11.5 Å². The molecule has 0 spiro atoms. The lowest BCUT2D eigenvalue weighted by molar-refractivity contribution is -0.193. The molecular formula is C23H24F6N8O5. The fraction of sp³-hybridized carbons (Fsp3) is 0.435. The van der Waals surface area contributed by atoms with E-state index in [1.807, 2.05) is 17.0 Å². The smallest absolute Gasteiger partial charge is 0.475 e. The van der Waals surface area contributed by atoms with E-state index in [4.69, 9.17) is 19.8 Å². The number of aromatic nitrogens is 5. The molecule has 228 valence electrons. The number of rotatable bonds is 3. The van der Waals surface area contributed by atoms with Crippen LogP contribution in [0.3, 0.4) is 0 Å². The zero-order chi connectivity index (χ0) is 31.1. The number of fused-ring (bicyclic) bond motifs is 1. The summed E-state index contributed by atoms with van der Waals surface area (Å²) in [5.74, 6) is -3.62. The lowest BCUT2D eigenvalue weighted by Crippen LogP contribution is -2.47. The molecule has 5 rings (SSSR count). The highest BCUT2D eigenvalue weighted by Gasteiger charge is 2.38. The Morgan fingerprint density at radius 3 is 1.81 bits per heavy atom. The van der Waals surface area contributed by atoms with Crippen LogP contribution in [0.2, 0.25) is 0 Å². The summed E-state index contributed by atoms with van der Waals surface area (Å²) in [6, 6.07) is 3.85. The van der Waals surface area contributed by atoms with Gasteiger partial charge in [0, 0.05) is 45.5 Å². The Morgan fingerprint density at radius 1 is 0.762 bits per heavy atom. The van der Waals surface area contributed by atoms with Gasteiger partial charge in [0.25, 0.3) is 5.91 Å². The summed E-state index contributed by atoms with van der Waals surface area (Å²) < 4.78 is 63.5. The van der Waals surface area contributed by atoms with Crippen LogP contribution in [0, 0.1) is 0 Å². The van der Waals surface area contributed by atoms with Gasteiger partial charge in [0.1, 0.15) is 17.7 Å². The lowest BCUT2D eigenvalue weighted by atomic mass is 10.2. The molecular weight excluding hydrogens is 582 g/mol.